The number of hydrogen-bond acceptors (Lipinski definition) is 2. The van der Waals surface area contributed by atoms with E-state index < -0.39 is 11.6 Å². The maximum atomic E-state index is 14.6. The number of benzene rings is 3. The summed E-state index contributed by atoms with van der Waals surface area (Å²) in [6.07, 6.45) is 4.38. The number of ether oxygens (including phenoxy) is 2. The first kappa shape index (κ1) is 23.1. The smallest absolute Gasteiger partial charge is 0.157 e. The van der Waals surface area contributed by atoms with Crippen molar-refractivity contribution < 1.29 is 22.6 Å². The van der Waals surface area contributed by atoms with Gasteiger partial charge < -0.3 is 9.47 Å². The van der Waals surface area contributed by atoms with Crippen molar-refractivity contribution in [3.05, 3.63) is 95.3 Å². The van der Waals surface area contributed by atoms with E-state index in [2.05, 4.69) is 18.4 Å². The molecule has 0 unspecified atom stereocenters. The third kappa shape index (κ3) is 6.04. The summed E-state index contributed by atoms with van der Waals surface area (Å²) in [6.45, 7) is 4.97. The van der Waals surface area contributed by atoms with Gasteiger partial charge in [-0.3, -0.25) is 0 Å². The molecule has 1 aliphatic rings. The van der Waals surface area contributed by atoms with Crippen molar-refractivity contribution in [1.82, 2.24) is 0 Å². The van der Waals surface area contributed by atoms with E-state index in [4.69, 9.17) is 9.47 Å². The van der Waals surface area contributed by atoms with Gasteiger partial charge in [-0.05, 0) is 72.0 Å². The lowest BCUT2D eigenvalue weighted by atomic mass is 10.0. The summed E-state index contributed by atoms with van der Waals surface area (Å²) in [5.41, 5.74) is 0.854. The van der Waals surface area contributed by atoms with Crippen LogP contribution >= 0.6 is 0 Å². The van der Waals surface area contributed by atoms with Crippen LogP contribution in [0, 0.1) is 35.2 Å². The highest BCUT2D eigenvalue weighted by Crippen LogP contribution is 2.22. The van der Waals surface area contributed by atoms with Crippen LogP contribution in [0.5, 0.6) is 0 Å². The van der Waals surface area contributed by atoms with Gasteiger partial charge in [-0.2, -0.15) is 0 Å². The van der Waals surface area contributed by atoms with E-state index in [1.54, 1.807) is 24.3 Å². The Kier molecular flexibility index (Phi) is 7.49. The molecule has 1 aliphatic heterocycles. The summed E-state index contributed by atoms with van der Waals surface area (Å²) in [5.74, 6) is 4.04. The number of rotatable bonds is 6. The van der Waals surface area contributed by atoms with Gasteiger partial charge >= 0.3 is 0 Å². The Hall–Kier alpha value is -3.07. The van der Waals surface area contributed by atoms with Crippen LogP contribution in [0.15, 0.2) is 61.2 Å². The lowest BCUT2D eigenvalue weighted by Gasteiger charge is -2.29. The third-order valence-corrected chi connectivity index (χ3v) is 5.72. The molecule has 1 fully saturated rings. The van der Waals surface area contributed by atoms with Crippen molar-refractivity contribution in [2.45, 2.75) is 32.0 Å². The van der Waals surface area contributed by atoms with Crippen molar-refractivity contribution in [2.75, 3.05) is 13.2 Å². The molecule has 0 N–H and O–H groups in total. The summed E-state index contributed by atoms with van der Waals surface area (Å²) >= 11 is 0. The maximum Gasteiger partial charge on any atom is 0.157 e. The van der Waals surface area contributed by atoms with Gasteiger partial charge in [0.1, 0.15) is 17.5 Å². The summed E-state index contributed by atoms with van der Waals surface area (Å²) in [4.78, 5) is 0. The van der Waals surface area contributed by atoms with Crippen molar-refractivity contribution in [3.63, 3.8) is 0 Å². The molecule has 0 aliphatic carbocycles. The topological polar surface area (TPSA) is 18.5 Å². The van der Waals surface area contributed by atoms with Gasteiger partial charge in [0.15, 0.2) is 6.29 Å². The Morgan fingerprint density at radius 2 is 1.58 bits per heavy atom. The highest BCUT2D eigenvalue weighted by molar-refractivity contribution is 5.84. The Balaban J connectivity index is 1.39. The molecule has 4 rings (SSSR count). The van der Waals surface area contributed by atoms with Gasteiger partial charge in [-0.1, -0.05) is 30.0 Å². The number of fused-ring (bicyclic) bond motifs is 1. The van der Waals surface area contributed by atoms with Crippen LogP contribution in [-0.2, 0) is 15.9 Å². The summed E-state index contributed by atoms with van der Waals surface area (Å²) in [6, 6.07) is 12.3. The number of allylic oxidation sites excluding steroid dienone is 1. The van der Waals surface area contributed by atoms with E-state index in [0.29, 0.717) is 43.1 Å². The minimum Gasteiger partial charge on any atom is -0.352 e. The molecule has 1 heterocycles. The predicted octanol–water partition coefficient (Wildman–Crippen LogP) is 6.54. The molecule has 2 nitrogen and oxygen atoms in total. The minimum absolute atomic E-state index is 0.270. The lowest BCUT2D eigenvalue weighted by molar-refractivity contribution is -0.203. The van der Waals surface area contributed by atoms with Crippen LogP contribution in [0.25, 0.3) is 10.8 Å². The Labute approximate surface area is 192 Å². The minimum atomic E-state index is -0.699. The highest BCUT2D eigenvalue weighted by Gasteiger charge is 2.22. The van der Waals surface area contributed by atoms with Gasteiger partial charge in [0.2, 0.25) is 0 Å². The first-order valence-electron chi connectivity index (χ1n) is 11.0. The van der Waals surface area contributed by atoms with E-state index in [1.165, 1.54) is 24.3 Å². The molecule has 0 atom stereocenters. The normalized spacial score (nSPS) is 18.0. The lowest BCUT2D eigenvalue weighted by Crippen LogP contribution is -2.32. The zero-order chi connectivity index (χ0) is 23.2. The first-order chi connectivity index (χ1) is 16.0. The fraction of sp³-hybridized carbons (Fsp3) is 0.286. The Morgan fingerprint density at radius 3 is 2.30 bits per heavy atom. The standard InChI is InChI=1S/C28H25F3O2/c1-2-3-4-21-17-32-28(33-18-21)12-7-20-14-26(30)25(27(31)15-20)11-6-19-5-8-23-16-24(29)10-9-22(23)13-19/h2,5,8-10,13-16,21,28H,1,3-4,7,12,17-18H2. The molecule has 0 bridgehead atoms. The molecule has 1 saturated heterocycles. The second kappa shape index (κ2) is 10.7. The Morgan fingerprint density at radius 1 is 0.879 bits per heavy atom. The SMILES string of the molecule is C=CCCC1COC(CCc2cc(F)c(C#Cc3ccc4cc(F)ccc4c3)c(F)c2)OC1. The quantitative estimate of drug-likeness (QED) is 0.313. The van der Waals surface area contributed by atoms with Gasteiger partial charge in [0, 0.05) is 17.9 Å². The molecule has 0 amide bonds. The fourth-order valence-corrected chi connectivity index (χ4v) is 3.87. The molecule has 5 heteroatoms. The largest absolute Gasteiger partial charge is 0.352 e. The van der Waals surface area contributed by atoms with Crippen molar-refractivity contribution in [1.29, 1.82) is 0 Å². The van der Waals surface area contributed by atoms with Crippen LogP contribution < -0.4 is 0 Å². The van der Waals surface area contributed by atoms with E-state index >= 15 is 0 Å². The van der Waals surface area contributed by atoms with Gasteiger partial charge in [0.25, 0.3) is 0 Å². The highest BCUT2D eigenvalue weighted by atomic mass is 19.1. The van der Waals surface area contributed by atoms with E-state index in [9.17, 15) is 13.2 Å². The monoisotopic (exact) mass is 450 g/mol. The fourth-order valence-electron chi connectivity index (χ4n) is 3.87. The average molecular weight is 451 g/mol. The summed E-state index contributed by atoms with van der Waals surface area (Å²) < 4.78 is 54.0. The third-order valence-electron chi connectivity index (χ3n) is 5.72. The van der Waals surface area contributed by atoms with E-state index in [1.807, 2.05) is 6.08 Å². The molecule has 33 heavy (non-hydrogen) atoms. The number of aryl methyl sites for hydroxylation is 1. The first-order valence-corrected chi connectivity index (χ1v) is 11.0. The second-order valence-electron chi connectivity index (χ2n) is 8.26. The van der Waals surface area contributed by atoms with Gasteiger partial charge in [-0.25, -0.2) is 13.2 Å². The van der Waals surface area contributed by atoms with Gasteiger partial charge in [-0.15, -0.1) is 6.58 Å². The Bertz CT molecular complexity index is 1180. The molecule has 3 aromatic rings. The maximum absolute atomic E-state index is 14.6. The number of hydrogen-bond donors (Lipinski definition) is 0. The molecular formula is C28H25F3O2. The van der Waals surface area contributed by atoms with Crippen LogP contribution in [0.1, 0.15) is 36.0 Å². The summed E-state index contributed by atoms with van der Waals surface area (Å²) in [5, 5.41) is 1.54. The van der Waals surface area contributed by atoms with Crippen LogP contribution in [0.4, 0.5) is 13.2 Å². The van der Waals surface area contributed by atoms with Crippen LogP contribution in [0.2, 0.25) is 0 Å². The molecular weight excluding hydrogens is 425 g/mol. The van der Waals surface area contributed by atoms with Crippen LogP contribution in [-0.4, -0.2) is 19.5 Å². The number of halogens is 3. The van der Waals surface area contributed by atoms with E-state index in [-0.39, 0.29) is 17.7 Å². The van der Waals surface area contributed by atoms with Crippen molar-refractivity contribution >= 4 is 10.8 Å². The van der Waals surface area contributed by atoms with Crippen molar-refractivity contribution in [3.8, 4) is 11.8 Å². The zero-order valence-electron chi connectivity index (χ0n) is 18.3. The molecule has 170 valence electrons. The van der Waals surface area contributed by atoms with Gasteiger partial charge in [0.05, 0.1) is 18.8 Å². The van der Waals surface area contributed by atoms with Crippen LogP contribution in [0.3, 0.4) is 0 Å². The molecule has 0 spiro atoms. The zero-order valence-corrected chi connectivity index (χ0v) is 18.3. The molecule has 0 radical (unpaired) electrons. The molecule has 0 saturated carbocycles. The van der Waals surface area contributed by atoms with E-state index in [0.717, 1.165) is 23.6 Å². The average Bonchev–Trinajstić information content (AvgIpc) is 2.81. The predicted molar refractivity (Wildman–Crippen MR) is 123 cm³/mol. The van der Waals surface area contributed by atoms with Crippen molar-refractivity contribution in [2.24, 2.45) is 5.92 Å². The second-order valence-corrected chi connectivity index (χ2v) is 8.26. The molecule has 3 aromatic carbocycles. The molecule has 0 aromatic heterocycles. The summed E-state index contributed by atoms with van der Waals surface area (Å²) in [7, 11) is 0.